The summed E-state index contributed by atoms with van der Waals surface area (Å²) in [6.45, 7) is 2.15. The first-order chi connectivity index (χ1) is 13.8. The summed E-state index contributed by atoms with van der Waals surface area (Å²) in [4.78, 5) is 14.7. The highest BCUT2D eigenvalue weighted by Gasteiger charge is 2.31. The number of amides is 1. The number of nitrogens with zero attached hydrogens (tertiary/aromatic N) is 1. The average Bonchev–Trinajstić information content (AvgIpc) is 3.11. The van der Waals surface area contributed by atoms with E-state index in [1.165, 1.54) is 16.7 Å². The topological polar surface area (TPSA) is 20.3 Å². The first kappa shape index (κ1) is 18.2. The van der Waals surface area contributed by atoms with Crippen molar-refractivity contribution in [3.63, 3.8) is 0 Å². The Morgan fingerprint density at radius 2 is 1.43 bits per heavy atom. The summed E-state index contributed by atoms with van der Waals surface area (Å²) in [7, 11) is 0. The predicted octanol–water partition coefficient (Wildman–Crippen LogP) is 6.47. The Hall–Kier alpha value is -3.13. The molecule has 1 atom stereocenters. The van der Waals surface area contributed by atoms with Gasteiger partial charge in [0.15, 0.2) is 0 Å². The number of carbonyl (C=O) groups excluding carboxylic acids is 1. The second-order valence-electron chi connectivity index (χ2n) is 7.22. The minimum absolute atomic E-state index is 0.103. The van der Waals surface area contributed by atoms with Crippen LogP contribution in [0.5, 0.6) is 0 Å². The molecule has 0 aliphatic carbocycles. The highest BCUT2D eigenvalue weighted by molar-refractivity contribution is 5.83. The molecule has 0 saturated carbocycles. The number of benzene rings is 3. The molecule has 0 unspecified atom stereocenters. The summed E-state index contributed by atoms with van der Waals surface area (Å²) >= 11 is 0. The van der Waals surface area contributed by atoms with E-state index in [1.807, 2.05) is 29.2 Å². The van der Waals surface area contributed by atoms with Gasteiger partial charge in [-0.05, 0) is 41.2 Å². The first-order valence-corrected chi connectivity index (χ1v) is 9.99. The van der Waals surface area contributed by atoms with Gasteiger partial charge in [0.05, 0.1) is 6.04 Å². The van der Waals surface area contributed by atoms with Crippen molar-refractivity contribution < 1.29 is 4.79 Å². The molecule has 0 radical (unpaired) electrons. The van der Waals surface area contributed by atoms with Crippen LogP contribution in [0.15, 0.2) is 90.6 Å². The lowest BCUT2D eigenvalue weighted by Gasteiger charge is -2.29. The second-order valence-corrected chi connectivity index (χ2v) is 7.22. The zero-order valence-corrected chi connectivity index (χ0v) is 16.2. The van der Waals surface area contributed by atoms with Gasteiger partial charge in [0.25, 0.3) is 0 Å². The van der Waals surface area contributed by atoms with Gasteiger partial charge in [0.1, 0.15) is 0 Å². The normalized spacial score (nSPS) is 16.5. The fourth-order valence-electron chi connectivity index (χ4n) is 3.99. The van der Waals surface area contributed by atoms with Gasteiger partial charge in [-0.2, -0.15) is 0 Å². The summed E-state index contributed by atoms with van der Waals surface area (Å²) in [5, 5.41) is 0. The van der Waals surface area contributed by atoms with Crippen LogP contribution in [0.2, 0.25) is 0 Å². The number of hydrogen-bond acceptors (Lipinski definition) is 1. The predicted molar refractivity (Wildman–Crippen MR) is 115 cm³/mol. The van der Waals surface area contributed by atoms with Crippen molar-refractivity contribution in [1.29, 1.82) is 0 Å². The van der Waals surface area contributed by atoms with Crippen LogP contribution in [0.1, 0.15) is 43.4 Å². The van der Waals surface area contributed by atoms with Crippen molar-refractivity contribution in [1.82, 2.24) is 4.90 Å². The third-order valence-electron chi connectivity index (χ3n) is 5.41. The van der Waals surface area contributed by atoms with Crippen LogP contribution in [-0.2, 0) is 4.79 Å². The van der Waals surface area contributed by atoms with Crippen LogP contribution in [0.25, 0.3) is 17.2 Å². The van der Waals surface area contributed by atoms with E-state index in [2.05, 4.69) is 73.7 Å². The van der Waals surface area contributed by atoms with Crippen molar-refractivity contribution >= 4 is 12.0 Å². The van der Waals surface area contributed by atoms with Crippen molar-refractivity contribution in [2.45, 2.75) is 32.2 Å². The molecule has 28 heavy (non-hydrogen) atoms. The maximum absolute atomic E-state index is 12.7. The second kappa shape index (κ2) is 8.26. The van der Waals surface area contributed by atoms with Crippen LogP contribution >= 0.6 is 0 Å². The minimum Gasteiger partial charge on any atom is -0.309 e. The fraction of sp³-hybridized carbons (Fsp3) is 0.192. The molecule has 0 N–H and O–H groups in total. The highest BCUT2D eigenvalue weighted by atomic mass is 16.2. The molecule has 3 aromatic rings. The third-order valence-corrected chi connectivity index (χ3v) is 5.41. The Balaban J connectivity index is 1.62. The lowest BCUT2D eigenvalue weighted by molar-refractivity contribution is -0.128. The van der Waals surface area contributed by atoms with Crippen molar-refractivity contribution in [3.8, 4) is 11.1 Å². The molecule has 0 spiro atoms. The van der Waals surface area contributed by atoms with Crippen molar-refractivity contribution in [2.24, 2.45) is 0 Å². The van der Waals surface area contributed by atoms with Gasteiger partial charge in [-0.1, -0.05) is 91.9 Å². The molecule has 2 heteroatoms. The Bertz CT molecular complexity index is 958. The summed E-state index contributed by atoms with van der Waals surface area (Å²) in [6, 6.07) is 29.4. The van der Waals surface area contributed by atoms with Crippen LogP contribution in [0, 0.1) is 0 Å². The molecule has 3 aromatic carbocycles. The van der Waals surface area contributed by atoms with E-state index in [0.29, 0.717) is 6.42 Å². The molecule has 1 fully saturated rings. The van der Waals surface area contributed by atoms with E-state index >= 15 is 0 Å². The molecule has 0 aromatic heterocycles. The first-order valence-electron chi connectivity index (χ1n) is 9.99. The maximum Gasteiger partial charge on any atom is 0.227 e. The van der Waals surface area contributed by atoms with E-state index in [4.69, 9.17) is 0 Å². The Kier molecular flexibility index (Phi) is 5.38. The van der Waals surface area contributed by atoms with E-state index in [0.717, 1.165) is 24.1 Å². The maximum atomic E-state index is 12.7. The number of hydrogen-bond donors (Lipinski definition) is 0. The zero-order chi connectivity index (χ0) is 19.3. The molecule has 1 saturated heterocycles. The smallest absolute Gasteiger partial charge is 0.227 e. The van der Waals surface area contributed by atoms with Crippen LogP contribution in [0.4, 0.5) is 0 Å². The van der Waals surface area contributed by atoms with Gasteiger partial charge < -0.3 is 4.90 Å². The quantitative estimate of drug-likeness (QED) is 0.506. The summed E-state index contributed by atoms with van der Waals surface area (Å²) < 4.78 is 0. The Morgan fingerprint density at radius 3 is 2.07 bits per heavy atom. The molecule has 0 bridgehead atoms. The lowest BCUT2D eigenvalue weighted by Crippen LogP contribution is -2.28. The van der Waals surface area contributed by atoms with Crippen LogP contribution in [-0.4, -0.2) is 10.8 Å². The third kappa shape index (κ3) is 3.77. The average molecular weight is 367 g/mol. The van der Waals surface area contributed by atoms with Gasteiger partial charge in [0, 0.05) is 12.1 Å². The molecule has 1 heterocycles. The lowest BCUT2D eigenvalue weighted by atomic mass is 10.0. The van der Waals surface area contributed by atoms with E-state index in [-0.39, 0.29) is 11.9 Å². The van der Waals surface area contributed by atoms with Gasteiger partial charge in [-0.15, -0.1) is 0 Å². The van der Waals surface area contributed by atoms with E-state index in [9.17, 15) is 4.79 Å². The number of likely N-dealkylation sites (tertiary alicyclic amines) is 1. The molecule has 1 amide bonds. The number of allylic oxidation sites excluding steroid dienone is 1. The van der Waals surface area contributed by atoms with E-state index < -0.39 is 0 Å². The number of carbonyl (C=O) groups is 1. The molecule has 1 aliphatic heterocycles. The molecule has 4 rings (SSSR count). The minimum atomic E-state index is 0.103. The van der Waals surface area contributed by atoms with Gasteiger partial charge in [-0.25, -0.2) is 0 Å². The van der Waals surface area contributed by atoms with Crippen LogP contribution < -0.4 is 0 Å². The van der Waals surface area contributed by atoms with Gasteiger partial charge >= 0.3 is 0 Å². The summed E-state index contributed by atoms with van der Waals surface area (Å²) in [5.41, 5.74) is 5.88. The monoisotopic (exact) mass is 367 g/mol. The Labute approximate surface area is 167 Å². The zero-order valence-electron chi connectivity index (χ0n) is 16.2. The SMILES string of the molecule is CC[C@@H](c1ccccc1)N1C(=O)CC/C1=C\c1ccc(-c2ccccc2)cc1. The summed E-state index contributed by atoms with van der Waals surface area (Å²) in [6.07, 6.45) is 4.48. The molecule has 1 aliphatic rings. The molecular weight excluding hydrogens is 342 g/mol. The molecule has 2 nitrogen and oxygen atoms in total. The fourth-order valence-corrected chi connectivity index (χ4v) is 3.99. The highest BCUT2D eigenvalue weighted by Crippen LogP contribution is 2.36. The van der Waals surface area contributed by atoms with Crippen molar-refractivity contribution in [2.75, 3.05) is 0 Å². The van der Waals surface area contributed by atoms with Gasteiger partial charge in [-0.3, -0.25) is 4.79 Å². The largest absolute Gasteiger partial charge is 0.309 e. The summed E-state index contributed by atoms with van der Waals surface area (Å²) in [5.74, 6) is 0.225. The van der Waals surface area contributed by atoms with Crippen molar-refractivity contribution in [3.05, 3.63) is 102 Å². The van der Waals surface area contributed by atoms with E-state index in [1.54, 1.807) is 0 Å². The molecule has 140 valence electrons. The number of rotatable bonds is 5. The standard InChI is InChI=1S/C26H25NO/c1-2-25(23-11-7-4-8-12-23)27-24(17-18-26(27)28)19-20-13-15-22(16-14-20)21-9-5-3-6-10-21/h3-16,19,25H,2,17-18H2,1H3/b24-19+/t25-/m0/s1. The molecular formula is C26H25NO. The van der Waals surface area contributed by atoms with Gasteiger partial charge in [0.2, 0.25) is 5.91 Å². The Morgan fingerprint density at radius 1 is 0.821 bits per heavy atom. The van der Waals surface area contributed by atoms with Crippen LogP contribution in [0.3, 0.4) is 0 Å².